The first-order chi connectivity index (χ1) is 14.7. The first kappa shape index (κ1) is 22.5. The van der Waals surface area contributed by atoms with E-state index in [4.69, 9.17) is 9.47 Å². The van der Waals surface area contributed by atoms with Gasteiger partial charge in [0.2, 0.25) is 5.91 Å². The van der Waals surface area contributed by atoms with Crippen molar-refractivity contribution >= 4 is 17.8 Å². The number of carbonyl (C=O) groups is 3. The monoisotopic (exact) mass is 423 g/mol. The van der Waals surface area contributed by atoms with E-state index in [0.29, 0.717) is 13.0 Å². The molecular formula is C25H29NO5. The molecule has 0 saturated carbocycles. The van der Waals surface area contributed by atoms with Crippen LogP contribution in [0.2, 0.25) is 0 Å². The third-order valence-corrected chi connectivity index (χ3v) is 5.14. The predicted octanol–water partition coefficient (Wildman–Crippen LogP) is 3.70. The van der Waals surface area contributed by atoms with Crippen LogP contribution in [0.5, 0.6) is 0 Å². The molecule has 1 fully saturated rings. The maximum Gasteiger partial charge on any atom is 0.326 e. The van der Waals surface area contributed by atoms with Crippen LogP contribution in [-0.2, 0) is 30.5 Å². The zero-order valence-electron chi connectivity index (χ0n) is 18.2. The van der Waals surface area contributed by atoms with Crippen LogP contribution in [0.25, 0.3) is 0 Å². The molecule has 0 aromatic heterocycles. The molecule has 6 heteroatoms. The van der Waals surface area contributed by atoms with Crippen molar-refractivity contribution < 1.29 is 23.9 Å². The van der Waals surface area contributed by atoms with Gasteiger partial charge in [-0.1, -0.05) is 60.7 Å². The number of esters is 2. The fourth-order valence-corrected chi connectivity index (χ4v) is 3.77. The van der Waals surface area contributed by atoms with Gasteiger partial charge in [-0.15, -0.1) is 0 Å². The Labute approximate surface area is 183 Å². The van der Waals surface area contributed by atoms with Crippen molar-refractivity contribution in [3.05, 3.63) is 71.8 Å². The van der Waals surface area contributed by atoms with E-state index < -0.39 is 29.4 Å². The number of likely N-dealkylation sites (tertiary alicyclic amines) is 1. The van der Waals surface area contributed by atoms with Crippen LogP contribution in [0.4, 0.5) is 0 Å². The zero-order valence-corrected chi connectivity index (χ0v) is 18.2. The Morgan fingerprint density at radius 1 is 1.00 bits per heavy atom. The Morgan fingerprint density at radius 3 is 2.23 bits per heavy atom. The summed E-state index contributed by atoms with van der Waals surface area (Å²) < 4.78 is 10.9. The van der Waals surface area contributed by atoms with Gasteiger partial charge in [-0.3, -0.25) is 14.4 Å². The molecule has 1 saturated heterocycles. The minimum Gasteiger partial charge on any atom is -0.460 e. The number of hydrogen-bond donors (Lipinski definition) is 0. The van der Waals surface area contributed by atoms with Crippen molar-refractivity contribution in [1.29, 1.82) is 0 Å². The number of amides is 1. The number of benzene rings is 2. The van der Waals surface area contributed by atoms with Crippen molar-refractivity contribution in [2.24, 2.45) is 5.92 Å². The molecule has 1 aliphatic heterocycles. The van der Waals surface area contributed by atoms with Gasteiger partial charge < -0.3 is 14.4 Å². The highest BCUT2D eigenvalue weighted by atomic mass is 16.6. The normalized spacial score (nSPS) is 19.1. The lowest BCUT2D eigenvalue weighted by Crippen LogP contribution is -2.50. The van der Waals surface area contributed by atoms with Gasteiger partial charge in [-0.2, -0.15) is 0 Å². The molecule has 2 aromatic carbocycles. The molecule has 0 bridgehead atoms. The van der Waals surface area contributed by atoms with Gasteiger partial charge in [-0.25, -0.2) is 0 Å². The smallest absolute Gasteiger partial charge is 0.326 e. The molecule has 164 valence electrons. The lowest BCUT2D eigenvalue weighted by atomic mass is 9.80. The summed E-state index contributed by atoms with van der Waals surface area (Å²) >= 11 is 0. The van der Waals surface area contributed by atoms with E-state index in [0.717, 1.165) is 11.1 Å². The molecular weight excluding hydrogens is 394 g/mol. The van der Waals surface area contributed by atoms with Crippen LogP contribution in [0, 0.1) is 5.92 Å². The number of ether oxygens (including phenoxy) is 2. The molecule has 1 aliphatic rings. The van der Waals surface area contributed by atoms with Crippen LogP contribution in [0.3, 0.4) is 0 Å². The van der Waals surface area contributed by atoms with Gasteiger partial charge in [0.1, 0.15) is 24.7 Å². The highest BCUT2D eigenvalue weighted by Crippen LogP contribution is 2.35. The second kappa shape index (κ2) is 9.77. The number of nitrogens with zero attached hydrogens (tertiary/aromatic N) is 1. The topological polar surface area (TPSA) is 72.9 Å². The zero-order chi connectivity index (χ0) is 22.4. The Hall–Kier alpha value is -3.15. The maximum atomic E-state index is 13.3. The Balaban J connectivity index is 1.77. The van der Waals surface area contributed by atoms with Crippen molar-refractivity contribution in [3.63, 3.8) is 0 Å². The Bertz CT molecular complexity index is 905. The lowest BCUT2D eigenvalue weighted by molar-refractivity contribution is -0.166. The molecule has 1 amide bonds. The van der Waals surface area contributed by atoms with Crippen molar-refractivity contribution in [1.82, 2.24) is 4.90 Å². The van der Waals surface area contributed by atoms with E-state index in [1.54, 1.807) is 20.8 Å². The first-order valence-electron chi connectivity index (χ1n) is 10.5. The van der Waals surface area contributed by atoms with E-state index in [9.17, 15) is 14.4 Å². The minimum absolute atomic E-state index is 0.0943. The van der Waals surface area contributed by atoms with Crippen LogP contribution in [-0.4, -0.2) is 41.4 Å². The SMILES string of the molecule is CC(C)(C)OC(=O)CN1CC[C@H](c2ccccc2)[C@@H](C(=O)OCc2ccccc2)C1=O. The van der Waals surface area contributed by atoms with Gasteiger partial charge in [0.25, 0.3) is 0 Å². The van der Waals surface area contributed by atoms with Crippen molar-refractivity contribution in [2.75, 3.05) is 13.1 Å². The summed E-state index contributed by atoms with van der Waals surface area (Å²) in [7, 11) is 0. The third kappa shape index (κ3) is 6.17. The van der Waals surface area contributed by atoms with Gasteiger partial charge >= 0.3 is 11.9 Å². The van der Waals surface area contributed by atoms with Gasteiger partial charge in [0, 0.05) is 12.5 Å². The largest absolute Gasteiger partial charge is 0.460 e. The van der Waals surface area contributed by atoms with Crippen molar-refractivity contribution in [3.8, 4) is 0 Å². The van der Waals surface area contributed by atoms with E-state index in [-0.39, 0.29) is 19.1 Å². The second-order valence-electron chi connectivity index (χ2n) is 8.72. The summed E-state index contributed by atoms with van der Waals surface area (Å²) in [5, 5.41) is 0. The molecule has 2 aromatic rings. The van der Waals surface area contributed by atoms with Crippen LogP contribution < -0.4 is 0 Å². The van der Waals surface area contributed by atoms with Gasteiger partial charge in [-0.05, 0) is 38.3 Å². The summed E-state index contributed by atoms with van der Waals surface area (Å²) in [5.74, 6) is -2.76. The predicted molar refractivity (Wildman–Crippen MR) is 116 cm³/mol. The number of hydrogen-bond acceptors (Lipinski definition) is 5. The lowest BCUT2D eigenvalue weighted by Gasteiger charge is -2.36. The van der Waals surface area contributed by atoms with Crippen LogP contribution in [0.15, 0.2) is 60.7 Å². The Morgan fingerprint density at radius 2 is 1.61 bits per heavy atom. The third-order valence-electron chi connectivity index (χ3n) is 5.14. The molecule has 6 nitrogen and oxygen atoms in total. The van der Waals surface area contributed by atoms with Crippen LogP contribution >= 0.6 is 0 Å². The fraction of sp³-hybridized carbons (Fsp3) is 0.400. The highest BCUT2D eigenvalue weighted by Gasteiger charge is 2.44. The summed E-state index contributed by atoms with van der Waals surface area (Å²) in [5.41, 5.74) is 1.12. The molecule has 1 heterocycles. The van der Waals surface area contributed by atoms with Crippen molar-refractivity contribution in [2.45, 2.75) is 45.3 Å². The van der Waals surface area contributed by atoms with E-state index in [2.05, 4.69) is 0 Å². The number of carbonyl (C=O) groups excluding carboxylic acids is 3. The summed E-state index contributed by atoms with van der Waals surface area (Å²) in [6.45, 7) is 5.62. The second-order valence-corrected chi connectivity index (χ2v) is 8.72. The van der Waals surface area contributed by atoms with Gasteiger partial charge in [0.15, 0.2) is 0 Å². The molecule has 0 aliphatic carbocycles. The number of rotatable bonds is 6. The first-order valence-corrected chi connectivity index (χ1v) is 10.5. The van der Waals surface area contributed by atoms with E-state index in [1.165, 1.54) is 4.90 Å². The molecule has 0 unspecified atom stereocenters. The standard InChI is InChI=1S/C25H29NO5/c1-25(2,3)31-21(27)16-26-15-14-20(19-12-8-5-9-13-19)22(23(26)28)24(29)30-17-18-10-6-4-7-11-18/h4-13,20,22H,14-17H2,1-3H3/t20-,22-/m1/s1. The van der Waals surface area contributed by atoms with Gasteiger partial charge in [0.05, 0.1) is 0 Å². The average Bonchev–Trinajstić information content (AvgIpc) is 2.73. The molecule has 2 atom stereocenters. The highest BCUT2D eigenvalue weighted by molar-refractivity contribution is 6.00. The quantitative estimate of drug-likeness (QED) is 0.523. The molecule has 31 heavy (non-hydrogen) atoms. The summed E-state index contributed by atoms with van der Waals surface area (Å²) in [6.07, 6.45) is 0.559. The van der Waals surface area contributed by atoms with E-state index >= 15 is 0 Å². The fourth-order valence-electron chi connectivity index (χ4n) is 3.77. The molecule has 0 N–H and O–H groups in total. The number of piperidine rings is 1. The van der Waals surface area contributed by atoms with E-state index in [1.807, 2.05) is 60.7 Å². The molecule has 0 radical (unpaired) electrons. The average molecular weight is 424 g/mol. The summed E-state index contributed by atoms with van der Waals surface area (Å²) in [4.78, 5) is 40.0. The minimum atomic E-state index is -0.998. The molecule has 3 rings (SSSR count). The summed E-state index contributed by atoms with van der Waals surface area (Å²) in [6, 6.07) is 18.8. The molecule has 0 spiro atoms. The maximum absolute atomic E-state index is 13.3. The Kier molecular flexibility index (Phi) is 7.10. The van der Waals surface area contributed by atoms with Crippen LogP contribution in [0.1, 0.15) is 44.2 Å².